The molecule has 0 bridgehead atoms. The highest BCUT2D eigenvalue weighted by Crippen LogP contribution is 2.27. The summed E-state index contributed by atoms with van der Waals surface area (Å²) in [5, 5.41) is 1.08. The quantitative estimate of drug-likeness (QED) is 0.666. The molecule has 0 fully saturated rings. The van der Waals surface area contributed by atoms with Crippen molar-refractivity contribution in [2.24, 2.45) is 0 Å². The van der Waals surface area contributed by atoms with E-state index < -0.39 is 0 Å². The number of aromatic nitrogens is 2. The molecule has 3 nitrogen and oxygen atoms in total. The predicted octanol–water partition coefficient (Wildman–Crippen LogP) is 2.51. The Balaban J connectivity index is 2.77. The first-order chi connectivity index (χ1) is 6.98. The lowest BCUT2D eigenvalue weighted by Crippen LogP contribution is -2.14. The molecule has 0 unspecified atom stereocenters. The fourth-order valence-electron chi connectivity index (χ4n) is 1.67. The van der Waals surface area contributed by atoms with Gasteiger partial charge in [0.1, 0.15) is 6.33 Å². The molecule has 2 N–H and O–H groups in total. The Morgan fingerprint density at radius 2 is 1.87 bits per heavy atom. The molecular weight excluding hydrogens is 186 g/mol. The van der Waals surface area contributed by atoms with Gasteiger partial charge >= 0.3 is 0 Å². The first-order valence-electron chi connectivity index (χ1n) is 4.99. The third-order valence-corrected chi connectivity index (χ3v) is 2.37. The second-order valence-corrected chi connectivity index (χ2v) is 4.75. The van der Waals surface area contributed by atoms with Crippen LogP contribution in [0.4, 0.5) is 5.69 Å². The van der Waals surface area contributed by atoms with Gasteiger partial charge in [0.2, 0.25) is 0 Å². The van der Waals surface area contributed by atoms with Crippen LogP contribution >= 0.6 is 0 Å². The van der Waals surface area contributed by atoms with Gasteiger partial charge in [-0.3, -0.25) is 0 Å². The molecule has 1 aromatic carbocycles. The predicted molar refractivity (Wildman–Crippen MR) is 62.7 cm³/mol. The third kappa shape index (κ3) is 1.77. The smallest absolute Gasteiger partial charge is 0.116 e. The molecule has 0 spiro atoms. The van der Waals surface area contributed by atoms with E-state index in [1.165, 1.54) is 0 Å². The number of nitrogens with two attached hydrogens (primary N) is 1. The van der Waals surface area contributed by atoms with Gasteiger partial charge < -0.3 is 5.73 Å². The highest BCUT2D eigenvalue weighted by Gasteiger charge is 2.18. The Morgan fingerprint density at radius 3 is 2.53 bits per heavy atom. The van der Waals surface area contributed by atoms with Gasteiger partial charge in [0.25, 0.3) is 0 Å². The summed E-state index contributed by atoms with van der Waals surface area (Å²) in [6, 6.07) is 5.76. The Hall–Kier alpha value is -1.64. The Labute approximate surface area is 89.4 Å². The number of nitrogen functional groups attached to an aromatic ring is 1. The first kappa shape index (κ1) is 9.90. The van der Waals surface area contributed by atoms with Crippen molar-refractivity contribution in [3.8, 4) is 0 Å². The second kappa shape index (κ2) is 3.19. The van der Waals surface area contributed by atoms with Crippen LogP contribution in [0.15, 0.2) is 24.5 Å². The number of rotatable bonds is 0. The molecule has 2 rings (SSSR count). The SMILES string of the molecule is CC(C)(C)c1ncnc2cc(N)ccc12. The van der Waals surface area contributed by atoms with E-state index in [2.05, 4.69) is 30.7 Å². The lowest BCUT2D eigenvalue weighted by molar-refractivity contribution is 0.574. The monoisotopic (exact) mass is 201 g/mol. The molecule has 0 atom stereocenters. The van der Waals surface area contributed by atoms with Crippen LogP contribution in [0.5, 0.6) is 0 Å². The minimum atomic E-state index is 0.0251. The summed E-state index contributed by atoms with van der Waals surface area (Å²) >= 11 is 0. The molecule has 1 aromatic heterocycles. The van der Waals surface area contributed by atoms with Crippen LogP contribution in [0, 0.1) is 0 Å². The number of nitrogens with zero attached hydrogens (tertiary/aromatic N) is 2. The molecule has 0 amide bonds. The van der Waals surface area contributed by atoms with Crippen LogP contribution in [0.3, 0.4) is 0 Å². The average Bonchev–Trinajstić information content (AvgIpc) is 2.15. The minimum Gasteiger partial charge on any atom is -0.399 e. The molecule has 0 aliphatic heterocycles. The maximum atomic E-state index is 5.72. The molecule has 0 saturated heterocycles. The zero-order chi connectivity index (χ0) is 11.1. The van der Waals surface area contributed by atoms with Gasteiger partial charge in [-0.15, -0.1) is 0 Å². The molecule has 1 heterocycles. The van der Waals surface area contributed by atoms with Crippen molar-refractivity contribution in [3.63, 3.8) is 0 Å². The largest absolute Gasteiger partial charge is 0.399 e. The van der Waals surface area contributed by atoms with E-state index in [1.807, 2.05) is 18.2 Å². The van der Waals surface area contributed by atoms with Crippen LogP contribution in [0.1, 0.15) is 26.5 Å². The zero-order valence-electron chi connectivity index (χ0n) is 9.28. The molecule has 78 valence electrons. The maximum Gasteiger partial charge on any atom is 0.116 e. The van der Waals surface area contributed by atoms with E-state index in [9.17, 15) is 0 Å². The normalized spacial score (nSPS) is 11.9. The molecule has 3 heteroatoms. The standard InChI is InChI=1S/C12H15N3/c1-12(2,3)11-9-5-4-8(13)6-10(9)14-7-15-11/h4-7H,13H2,1-3H3. The van der Waals surface area contributed by atoms with Gasteiger partial charge in [-0.2, -0.15) is 0 Å². The Bertz CT molecular complexity index is 498. The number of hydrogen-bond acceptors (Lipinski definition) is 3. The van der Waals surface area contributed by atoms with Gasteiger partial charge in [-0.05, 0) is 18.2 Å². The van der Waals surface area contributed by atoms with Gasteiger partial charge in [0, 0.05) is 16.5 Å². The number of fused-ring (bicyclic) bond motifs is 1. The highest BCUT2D eigenvalue weighted by atomic mass is 14.8. The lowest BCUT2D eigenvalue weighted by Gasteiger charge is -2.19. The molecule has 0 saturated carbocycles. The van der Waals surface area contributed by atoms with Crippen LogP contribution in [0.25, 0.3) is 10.9 Å². The zero-order valence-corrected chi connectivity index (χ0v) is 9.28. The summed E-state index contributed by atoms with van der Waals surface area (Å²) in [6.45, 7) is 6.43. The van der Waals surface area contributed by atoms with Crippen molar-refractivity contribution in [3.05, 3.63) is 30.2 Å². The lowest BCUT2D eigenvalue weighted by atomic mass is 9.89. The summed E-state index contributed by atoms with van der Waals surface area (Å²) in [7, 11) is 0. The number of hydrogen-bond donors (Lipinski definition) is 1. The summed E-state index contributed by atoms with van der Waals surface area (Å²) in [5.41, 5.74) is 8.46. The van der Waals surface area contributed by atoms with Crippen LogP contribution < -0.4 is 5.73 Å². The van der Waals surface area contributed by atoms with E-state index in [0.29, 0.717) is 0 Å². The van der Waals surface area contributed by atoms with E-state index in [0.717, 1.165) is 22.3 Å². The van der Waals surface area contributed by atoms with E-state index >= 15 is 0 Å². The van der Waals surface area contributed by atoms with Crippen LogP contribution in [-0.2, 0) is 5.41 Å². The molecule has 0 aliphatic rings. The number of anilines is 1. The van der Waals surface area contributed by atoms with Gasteiger partial charge in [0.15, 0.2) is 0 Å². The third-order valence-electron chi connectivity index (χ3n) is 2.37. The molecule has 0 aliphatic carbocycles. The summed E-state index contributed by atoms with van der Waals surface area (Å²) in [5.74, 6) is 0. The molecule has 2 aromatic rings. The first-order valence-corrected chi connectivity index (χ1v) is 4.99. The van der Waals surface area contributed by atoms with E-state index in [4.69, 9.17) is 5.73 Å². The summed E-state index contributed by atoms with van der Waals surface area (Å²) < 4.78 is 0. The molecule has 15 heavy (non-hydrogen) atoms. The summed E-state index contributed by atoms with van der Waals surface area (Å²) in [6.07, 6.45) is 1.60. The molecule has 0 radical (unpaired) electrons. The van der Waals surface area contributed by atoms with Gasteiger partial charge in [0.05, 0.1) is 11.2 Å². The maximum absolute atomic E-state index is 5.72. The van der Waals surface area contributed by atoms with Crippen LogP contribution in [-0.4, -0.2) is 9.97 Å². The second-order valence-electron chi connectivity index (χ2n) is 4.75. The van der Waals surface area contributed by atoms with Crippen molar-refractivity contribution in [2.45, 2.75) is 26.2 Å². The average molecular weight is 201 g/mol. The van der Waals surface area contributed by atoms with Crippen molar-refractivity contribution in [2.75, 3.05) is 5.73 Å². The van der Waals surface area contributed by atoms with Crippen molar-refractivity contribution in [1.29, 1.82) is 0 Å². The van der Waals surface area contributed by atoms with Crippen LogP contribution in [0.2, 0.25) is 0 Å². The van der Waals surface area contributed by atoms with Crippen molar-refractivity contribution < 1.29 is 0 Å². The van der Waals surface area contributed by atoms with E-state index in [1.54, 1.807) is 6.33 Å². The van der Waals surface area contributed by atoms with Crippen molar-refractivity contribution >= 4 is 16.6 Å². The Kier molecular flexibility index (Phi) is 2.11. The van der Waals surface area contributed by atoms with Crippen molar-refractivity contribution in [1.82, 2.24) is 9.97 Å². The van der Waals surface area contributed by atoms with Gasteiger partial charge in [-0.25, -0.2) is 9.97 Å². The minimum absolute atomic E-state index is 0.0251. The topological polar surface area (TPSA) is 51.8 Å². The fourth-order valence-corrected chi connectivity index (χ4v) is 1.67. The molecular formula is C12H15N3. The summed E-state index contributed by atoms with van der Waals surface area (Å²) in [4.78, 5) is 8.58. The Morgan fingerprint density at radius 1 is 1.13 bits per heavy atom. The van der Waals surface area contributed by atoms with Gasteiger partial charge in [-0.1, -0.05) is 20.8 Å². The number of benzene rings is 1. The fraction of sp³-hybridized carbons (Fsp3) is 0.333. The van der Waals surface area contributed by atoms with E-state index in [-0.39, 0.29) is 5.41 Å². The highest BCUT2D eigenvalue weighted by molar-refractivity contribution is 5.84.